The van der Waals surface area contributed by atoms with Crippen LogP contribution in [0, 0.1) is 0 Å². The van der Waals surface area contributed by atoms with Gasteiger partial charge in [-0.05, 0) is 0 Å². The molecule has 5 atom stereocenters. The summed E-state index contributed by atoms with van der Waals surface area (Å²) in [6, 6.07) is 0. The van der Waals surface area contributed by atoms with E-state index in [9.17, 15) is 27.8 Å². The minimum Gasteiger partial charge on any atom is -0.390 e. The Labute approximate surface area is 128 Å². The van der Waals surface area contributed by atoms with Gasteiger partial charge in [0.1, 0.15) is 24.3 Å². The van der Waals surface area contributed by atoms with Crippen molar-refractivity contribution >= 4 is 16.9 Å². The number of ether oxygens (including phenoxy) is 2. The Morgan fingerprint density at radius 1 is 1.50 bits per heavy atom. The average molecular weight is 350 g/mol. The molecular formula is C11H18F4N2O4S. The number of alkyl halides is 4. The zero-order valence-electron chi connectivity index (χ0n) is 11.7. The first kappa shape index (κ1) is 19.4. The van der Waals surface area contributed by atoms with Crippen molar-refractivity contribution < 1.29 is 37.2 Å². The molecule has 1 rings (SSSR count). The van der Waals surface area contributed by atoms with Crippen molar-refractivity contribution in [2.75, 3.05) is 20.3 Å². The van der Waals surface area contributed by atoms with Crippen molar-refractivity contribution in [3.8, 4) is 0 Å². The van der Waals surface area contributed by atoms with Crippen LogP contribution in [0.4, 0.5) is 17.6 Å². The Morgan fingerprint density at radius 3 is 2.64 bits per heavy atom. The van der Waals surface area contributed by atoms with Crippen molar-refractivity contribution in [3.05, 3.63) is 0 Å². The van der Waals surface area contributed by atoms with Crippen LogP contribution >= 0.6 is 11.8 Å². The maximum atomic E-state index is 13.0. The summed E-state index contributed by atoms with van der Waals surface area (Å²) in [5, 5.41) is 19.5. The molecule has 1 aliphatic rings. The van der Waals surface area contributed by atoms with Gasteiger partial charge in [-0.15, -0.1) is 0 Å². The van der Waals surface area contributed by atoms with Crippen LogP contribution in [0.25, 0.3) is 0 Å². The molecule has 130 valence electrons. The lowest BCUT2D eigenvalue weighted by Gasteiger charge is -2.40. The van der Waals surface area contributed by atoms with Crippen LogP contribution in [-0.2, 0) is 9.47 Å². The smallest absolute Gasteiger partial charge is 0.390 e. The van der Waals surface area contributed by atoms with Crippen molar-refractivity contribution in [2.24, 2.45) is 10.7 Å². The van der Waals surface area contributed by atoms with Crippen LogP contribution in [0.5, 0.6) is 0 Å². The van der Waals surface area contributed by atoms with E-state index in [0.29, 0.717) is 0 Å². The molecule has 1 saturated heterocycles. The predicted molar refractivity (Wildman–Crippen MR) is 72.2 cm³/mol. The third-order valence-electron chi connectivity index (χ3n) is 2.94. The first-order valence-electron chi connectivity index (χ1n) is 6.35. The highest BCUT2D eigenvalue weighted by Gasteiger charge is 2.53. The molecule has 0 aromatic carbocycles. The first-order chi connectivity index (χ1) is 10.2. The zero-order valence-corrected chi connectivity index (χ0v) is 12.5. The summed E-state index contributed by atoms with van der Waals surface area (Å²) >= 11 is 0.819. The largest absolute Gasteiger partial charge is 0.417 e. The highest BCUT2D eigenvalue weighted by atomic mass is 32.2. The standard InChI is InChI=1S/C11H18F4N2O4S/c1-17-10(16)22-6-4-5(18)7(19)8(21-6)9(11(13,14)15)20-3-2-12/h5-9,18-19H,2-4H2,1H3,(H2,16,17). The molecule has 1 heterocycles. The lowest BCUT2D eigenvalue weighted by atomic mass is 9.97. The highest BCUT2D eigenvalue weighted by Crippen LogP contribution is 2.35. The molecule has 0 spiro atoms. The minimum absolute atomic E-state index is 0.0561. The third kappa shape index (κ3) is 5.23. The van der Waals surface area contributed by atoms with Crippen LogP contribution in [0.1, 0.15) is 6.42 Å². The Bertz CT molecular complexity index is 386. The molecule has 4 N–H and O–H groups in total. The lowest BCUT2D eigenvalue weighted by molar-refractivity contribution is -0.282. The van der Waals surface area contributed by atoms with E-state index in [4.69, 9.17) is 10.5 Å². The highest BCUT2D eigenvalue weighted by molar-refractivity contribution is 8.14. The van der Waals surface area contributed by atoms with E-state index < -0.39 is 49.3 Å². The van der Waals surface area contributed by atoms with E-state index in [-0.39, 0.29) is 11.6 Å². The van der Waals surface area contributed by atoms with Crippen LogP contribution < -0.4 is 5.73 Å². The van der Waals surface area contributed by atoms with Gasteiger partial charge in [-0.25, -0.2) is 4.39 Å². The van der Waals surface area contributed by atoms with Gasteiger partial charge in [0.2, 0.25) is 0 Å². The quantitative estimate of drug-likeness (QED) is 0.378. The topological polar surface area (TPSA) is 97.3 Å². The lowest BCUT2D eigenvalue weighted by Crippen LogP contribution is -2.57. The second-order valence-corrected chi connectivity index (χ2v) is 5.71. The van der Waals surface area contributed by atoms with Gasteiger partial charge < -0.3 is 25.4 Å². The van der Waals surface area contributed by atoms with Crippen molar-refractivity contribution in [3.63, 3.8) is 0 Å². The molecule has 22 heavy (non-hydrogen) atoms. The van der Waals surface area contributed by atoms with Crippen LogP contribution in [0.15, 0.2) is 4.99 Å². The molecule has 1 fully saturated rings. The first-order valence-corrected chi connectivity index (χ1v) is 7.23. The maximum absolute atomic E-state index is 13.0. The maximum Gasteiger partial charge on any atom is 0.417 e. The van der Waals surface area contributed by atoms with Crippen molar-refractivity contribution in [1.82, 2.24) is 0 Å². The van der Waals surface area contributed by atoms with Crippen molar-refractivity contribution in [1.29, 1.82) is 0 Å². The Balaban J connectivity index is 2.90. The minimum atomic E-state index is -4.89. The molecule has 0 aliphatic carbocycles. The molecule has 0 saturated carbocycles. The van der Waals surface area contributed by atoms with Crippen molar-refractivity contribution in [2.45, 2.75) is 42.4 Å². The van der Waals surface area contributed by atoms with Crippen LogP contribution in [0.3, 0.4) is 0 Å². The molecule has 0 bridgehead atoms. The number of amidine groups is 1. The SMILES string of the molecule is CN=C(N)SC1CC(O)C(O)C(C(OCCF)C(F)(F)F)O1. The normalized spacial score (nSPS) is 32.0. The predicted octanol–water partition coefficient (Wildman–Crippen LogP) is 0.418. The van der Waals surface area contributed by atoms with E-state index in [0.717, 1.165) is 11.8 Å². The fourth-order valence-electron chi connectivity index (χ4n) is 1.93. The number of hydrogen-bond donors (Lipinski definition) is 3. The molecule has 0 aromatic rings. The summed E-state index contributed by atoms with van der Waals surface area (Å²) in [6.45, 7) is -1.92. The number of rotatable bonds is 5. The number of aliphatic imine (C=N–C) groups is 1. The summed E-state index contributed by atoms with van der Waals surface area (Å²) in [6.07, 6.45) is -12.7. The Morgan fingerprint density at radius 2 is 2.14 bits per heavy atom. The van der Waals surface area contributed by atoms with E-state index in [1.807, 2.05) is 0 Å². The van der Waals surface area contributed by atoms with Gasteiger partial charge >= 0.3 is 6.18 Å². The van der Waals surface area contributed by atoms with Gasteiger partial charge in [-0.1, -0.05) is 11.8 Å². The monoisotopic (exact) mass is 350 g/mol. The number of nitrogens with zero attached hydrogens (tertiary/aromatic N) is 1. The second kappa shape index (κ2) is 8.29. The molecule has 0 aromatic heterocycles. The summed E-state index contributed by atoms with van der Waals surface area (Å²) < 4.78 is 60.7. The fraction of sp³-hybridized carbons (Fsp3) is 0.909. The van der Waals surface area contributed by atoms with Crippen LogP contribution in [0.2, 0.25) is 0 Å². The zero-order chi connectivity index (χ0) is 16.9. The van der Waals surface area contributed by atoms with Gasteiger partial charge in [0.15, 0.2) is 11.3 Å². The Hall–Kier alpha value is -0.620. The fourth-order valence-corrected chi connectivity index (χ4v) is 2.78. The van der Waals surface area contributed by atoms with E-state index in [1.54, 1.807) is 0 Å². The number of hydrogen-bond acceptors (Lipinski definition) is 6. The second-order valence-electron chi connectivity index (χ2n) is 4.53. The summed E-state index contributed by atoms with van der Waals surface area (Å²) in [7, 11) is 1.39. The summed E-state index contributed by atoms with van der Waals surface area (Å²) in [4.78, 5) is 3.63. The molecular weight excluding hydrogens is 332 g/mol. The third-order valence-corrected chi connectivity index (χ3v) is 3.93. The molecule has 1 aliphatic heterocycles. The number of aliphatic hydroxyl groups is 2. The summed E-state index contributed by atoms with van der Waals surface area (Å²) in [5.74, 6) is 0. The van der Waals surface area contributed by atoms with Gasteiger partial charge in [-0.2, -0.15) is 13.2 Å². The molecule has 6 nitrogen and oxygen atoms in total. The van der Waals surface area contributed by atoms with E-state index >= 15 is 0 Å². The van der Waals surface area contributed by atoms with Gasteiger partial charge in [0.05, 0.1) is 12.7 Å². The van der Waals surface area contributed by atoms with Gasteiger partial charge in [0, 0.05) is 13.5 Å². The number of thioether (sulfide) groups is 1. The van der Waals surface area contributed by atoms with E-state index in [1.165, 1.54) is 7.05 Å². The molecule has 11 heteroatoms. The molecule has 5 unspecified atom stereocenters. The van der Waals surface area contributed by atoms with Crippen LogP contribution in [-0.4, -0.2) is 71.7 Å². The van der Waals surface area contributed by atoms with E-state index in [2.05, 4.69) is 9.73 Å². The number of aliphatic hydroxyl groups excluding tert-OH is 2. The number of nitrogens with two attached hydrogens (primary N) is 1. The summed E-state index contributed by atoms with van der Waals surface area (Å²) in [5.41, 5.74) is 4.52. The van der Waals surface area contributed by atoms with Gasteiger partial charge in [-0.3, -0.25) is 4.99 Å². The molecule has 0 amide bonds. The van der Waals surface area contributed by atoms with Gasteiger partial charge in [0.25, 0.3) is 0 Å². The molecule has 0 radical (unpaired) electrons. The number of halogens is 4. The Kier molecular flexibility index (Phi) is 7.32. The average Bonchev–Trinajstić information content (AvgIpc) is 2.42.